The van der Waals surface area contributed by atoms with E-state index in [2.05, 4.69) is 0 Å². The molecule has 0 aliphatic carbocycles. The number of carbonyl (C=O) groups excluding carboxylic acids is 1. The van der Waals surface area contributed by atoms with Crippen LogP contribution in [0.3, 0.4) is 0 Å². The molecule has 0 amide bonds. The third-order valence-electron chi connectivity index (χ3n) is 2.26. The minimum Gasteiger partial charge on any atom is -0.295 e. The van der Waals surface area contributed by atoms with Gasteiger partial charge in [-0.05, 0) is 19.1 Å². The topological polar surface area (TPSA) is 78.2 Å². The summed E-state index contributed by atoms with van der Waals surface area (Å²) in [6.07, 6.45) is 0. The van der Waals surface area contributed by atoms with Crippen LogP contribution in [-0.2, 0) is 10.0 Å². The molecule has 1 aromatic carbocycles. The Bertz CT molecular complexity index is 555. The van der Waals surface area contributed by atoms with Crippen molar-refractivity contribution in [2.45, 2.75) is 11.8 Å². The van der Waals surface area contributed by atoms with Crippen molar-refractivity contribution in [3.8, 4) is 6.07 Å². The van der Waals surface area contributed by atoms with Gasteiger partial charge < -0.3 is 0 Å². The number of rotatable bonds is 4. The second kappa shape index (κ2) is 5.08. The van der Waals surface area contributed by atoms with Crippen LogP contribution in [0.2, 0.25) is 0 Å². The van der Waals surface area contributed by atoms with Gasteiger partial charge in [-0.1, -0.05) is 12.1 Å². The number of sulfonamides is 1. The predicted octanol–water partition coefficient (Wildman–Crippen LogP) is 1.03. The lowest BCUT2D eigenvalue weighted by atomic mass is 10.2. The summed E-state index contributed by atoms with van der Waals surface area (Å²) in [6, 6.07) is 7.40. The molecule has 0 atom stereocenters. The molecule has 0 saturated heterocycles. The van der Waals surface area contributed by atoms with Crippen molar-refractivity contribution in [2.24, 2.45) is 0 Å². The first-order valence-electron chi connectivity index (χ1n) is 4.84. The number of ketones is 1. The molecule has 17 heavy (non-hydrogen) atoms. The molecule has 0 spiro atoms. The van der Waals surface area contributed by atoms with Gasteiger partial charge in [0, 0.05) is 12.6 Å². The largest absolute Gasteiger partial charge is 0.295 e. The molecule has 0 radical (unpaired) electrons. The lowest BCUT2D eigenvalue weighted by Crippen LogP contribution is -2.27. The summed E-state index contributed by atoms with van der Waals surface area (Å²) in [6.45, 7) is 1.20. The summed E-state index contributed by atoms with van der Waals surface area (Å²) in [5.74, 6) is -0.126. The van der Waals surface area contributed by atoms with Gasteiger partial charge in [-0.3, -0.25) is 4.79 Å². The lowest BCUT2D eigenvalue weighted by Gasteiger charge is -2.13. The number of hydrogen-bond donors (Lipinski definition) is 0. The van der Waals surface area contributed by atoms with Gasteiger partial charge in [-0.15, -0.1) is 0 Å². The zero-order chi connectivity index (χ0) is 13.1. The van der Waals surface area contributed by atoms with E-state index in [0.29, 0.717) is 5.56 Å². The summed E-state index contributed by atoms with van der Waals surface area (Å²) < 4.78 is 24.7. The molecule has 0 bridgehead atoms. The van der Waals surface area contributed by atoms with Crippen LogP contribution in [0.15, 0.2) is 29.2 Å². The van der Waals surface area contributed by atoms with E-state index in [4.69, 9.17) is 5.26 Å². The maximum atomic E-state index is 11.9. The zero-order valence-corrected chi connectivity index (χ0v) is 10.4. The van der Waals surface area contributed by atoms with Gasteiger partial charge in [0.15, 0.2) is 5.78 Å². The molecule has 90 valence electrons. The van der Waals surface area contributed by atoms with Crippen LogP contribution in [0, 0.1) is 11.3 Å². The van der Waals surface area contributed by atoms with Crippen LogP contribution in [-0.4, -0.2) is 32.1 Å². The van der Waals surface area contributed by atoms with Gasteiger partial charge in [0.25, 0.3) is 0 Å². The Morgan fingerprint density at radius 2 is 1.88 bits per heavy atom. The predicted molar refractivity (Wildman–Crippen MR) is 61.9 cm³/mol. The van der Waals surface area contributed by atoms with Gasteiger partial charge >= 0.3 is 0 Å². The molecule has 0 aliphatic rings. The second-order valence-electron chi connectivity index (χ2n) is 3.50. The van der Waals surface area contributed by atoms with E-state index >= 15 is 0 Å². The second-order valence-corrected chi connectivity index (χ2v) is 5.54. The van der Waals surface area contributed by atoms with Crippen molar-refractivity contribution in [3.63, 3.8) is 0 Å². The first-order valence-corrected chi connectivity index (χ1v) is 6.28. The van der Waals surface area contributed by atoms with E-state index in [1.807, 2.05) is 0 Å². The minimum absolute atomic E-state index is 0.0697. The molecule has 0 fully saturated rings. The van der Waals surface area contributed by atoms with E-state index < -0.39 is 10.0 Å². The van der Waals surface area contributed by atoms with E-state index in [-0.39, 0.29) is 17.2 Å². The van der Waals surface area contributed by atoms with Crippen molar-refractivity contribution in [2.75, 3.05) is 13.6 Å². The third kappa shape index (κ3) is 2.90. The molecule has 0 N–H and O–H groups in total. The van der Waals surface area contributed by atoms with Crippen LogP contribution >= 0.6 is 0 Å². The monoisotopic (exact) mass is 252 g/mol. The van der Waals surface area contributed by atoms with Gasteiger partial charge in [-0.2, -0.15) is 9.57 Å². The smallest absolute Gasteiger partial charge is 0.243 e. The van der Waals surface area contributed by atoms with Gasteiger partial charge in [0.2, 0.25) is 10.0 Å². The Hall–Kier alpha value is -1.71. The summed E-state index contributed by atoms with van der Waals surface area (Å²) in [5.41, 5.74) is 0.451. The molecular formula is C11H12N2O3S. The number of nitriles is 1. The highest BCUT2D eigenvalue weighted by molar-refractivity contribution is 7.89. The van der Waals surface area contributed by atoms with Gasteiger partial charge in [-0.25, -0.2) is 8.42 Å². The van der Waals surface area contributed by atoms with E-state index in [1.54, 1.807) is 6.07 Å². The Morgan fingerprint density at radius 3 is 2.29 bits per heavy atom. The fraction of sp³-hybridized carbons (Fsp3) is 0.273. The lowest BCUT2D eigenvalue weighted by molar-refractivity contribution is 0.101. The maximum absolute atomic E-state index is 11.9. The number of carbonyl (C=O) groups is 1. The number of nitrogens with zero attached hydrogens (tertiary/aromatic N) is 2. The Balaban J connectivity index is 3.09. The van der Waals surface area contributed by atoms with Crippen LogP contribution in [0.25, 0.3) is 0 Å². The normalized spacial score (nSPS) is 11.2. The van der Waals surface area contributed by atoms with Gasteiger partial charge in [0.05, 0.1) is 11.0 Å². The van der Waals surface area contributed by atoms with Gasteiger partial charge in [0.1, 0.15) is 6.54 Å². The molecule has 0 unspecified atom stereocenters. The Labute approximate surface area is 100 Å². The van der Waals surface area contributed by atoms with Crippen molar-refractivity contribution < 1.29 is 13.2 Å². The fourth-order valence-electron chi connectivity index (χ4n) is 1.23. The summed E-state index contributed by atoms with van der Waals surface area (Å²) in [5, 5.41) is 8.46. The SMILES string of the molecule is CC(=O)c1ccc(S(=O)(=O)N(C)CC#N)cc1. The van der Waals surface area contributed by atoms with Crippen LogP contribution in [0.5, 0.6) is 0 Å². The summed E-state index contributed by atoms with van der Waals surface area (Å²) in [7, 11) is -2.31. The minimum atomic E-state index is -3.64. The molecule has 1 aromatic rings. The first kappa shape index (κ1) is 13.4. The molecule has 5 nitrogen and oxygen atoms in total. The summed E-state index contributed by atoms with van der Waals surface area (Å²) >= 11 is 0. The molecule has 0 saturated carbocycles. The number of benzene rings is 1. The molecule has 0 heterocycles. The van der Waals surface area contributed by atoms with Crippen molar-refractivity contribution >= 4 is 15.8 Å². The first-order chi connectivity index (χ1) is 7.89. The Morgan fingerprint density at radius 1 is 1.35 bits per heavy atom. The fourth-order valence-corrected chi connectivity index (χ4v) is 2.29. The van der Waals surface area contributed by atoms with E-state index in [9.17, 15) is 13.2 Å². The number of Topliss-reactive ketones (excluding diaryl/α,β-unsaturated/α-hetero) is 1. The molecule has 0 aromatic heterocycles. The maximum Gasteiger partial charge on any atom is 0.243 e. The third-order valence-corrected chi connectivity index (χ3v) is 4.08. The zero-order valence-electron chi connectivity index (χ0n) is 9.54. The van der Waals surface area contributed by atoms with Crippen molar-refractivity contribution in [1.82, 2.24) is 4.31 Å². The quantitative estimate of drug-likeness (QED) is 0.592. The highest BCUT2D eigenvalue weighted by Crippen LogP contribution is 2.15. The Kier molecular flexibility index (Phi) is 3.99. The van der Waals surface area contributed by atoms with Crippen LogP contribution in [0.4, 0.5) is 0 Å². The molecule has 1 rings (SSSR count). The molecule has 6 heteroatoms. The summed E-state index contributed by atoms with van der Waals surface area (Å²) in [4.78, 5) is 11.1. The van der Waals surface area contributed by atoms with Crippen molar-refractivity contribution in [1.29, 1.82) is 5.26 Å². The average Bonchev–Trinajstić information content (AvgIpc) is 2.29. The van der Waals surface area contributed by atoms with Crippen LogP contribution < -0.4 is 0 Å². The van der Waals surface area contributed by atoms with E-state index in [1.165, 1.54) is 38.2 Å². The van der Waals surface area contributed by atoms with Crippen molar-refractivity contribution in [3.05, 3.63) is 29.8 Å². The van der Waals surface area contributed by atoms with Crippen LogP contribution in [0.1, 0.15) is 17.3 Å². The highest BCUT2D eigenvalue weighted by Gasteiger charge is 2.20. The average molecular weight is 252 g/mol. The van der Waals surface area contributed by atoms with E-state index in [0.717, 1.165) is 4.31 Å². The highest BCUT2D eigenvalue weighted by atomic mass is 32.2. The standard InChI is InChI=1S/C11H12N2O3S/c1-9(14)10-3-5-11(6-4-10)17(15,16)13(2)8-7-12/h3-6H,8H2,1-2H3. The molecular weight excluding hydrogens is 240 g/mol. The number of hydrogen-bond acceptors (Lipinski definition) is 4. The molecule has 0 aliphatic heterocycles.